The van der Waals surface area contributed by atoms with Crippen molar-refractivity contribution in [2.24, 2.45) is 0 Å². The summed E-state index contributed by atoms with van der Waals surface area (Å²) < 4.78 is 0. The lowest BCUT2D eigenvalue weighted by Gasteiger charge is -2.00. The highest BCUT2D eigenvalue weighted by Gasteiger charge is 1.95. The SMILES string of the molecule is C=CC(=O)CCCCCCCCCC. The van der Waals surface area contributed by atoms with Crippen LogP contribution in [0.15, 0.2) is 12.7 Å². The molecule has 0 unspecified atom stereocenters. The summed E-state index contributed by atoms with van der Waals surface area (Å²) >= 11 is 0. The maximum absolute atomic E-state index is 10.9. The van der Waals surface area contributed by atoms with E-state index in [1.54, 1.807) is 0 Å². The zero-order chi connectivity index (χ0) is 10.6. The lowest BCUT2D eigenvalue weighted by molar-refractivity contribution is -0.114. The van der Waals surface area contributed by atoms with Gasteiger partial charge in [0.1, 0.15) is 0 Å². The molecule has 0 rings (SSSR count). The Kier molecular flexibility index (Phi) is 10.0. The number of allylic oxidation sites excluding steroid dienone is 1. The molecule has 0 bridgehead atoms. The van der Waals surface area contributed by atoms with Crippen LogP contribution < -0.4 is 0 Å². The molecule has 0 saturated heterocycles. The van der Waals surface area contributed by atoms with Gasteiger partial charge in [0, 0.05) is 6.42 Å². The Hall–Kier alpha value is -0.590. The topological polar surface area (TPSA) is 17.1 Å². The molecule has 0 aromatic rings. The van der Waals surface area contributed by atoms with Gasteiger partial charge < -0.3 is 0 Å². The Morgan fingerprint density at radius 2 is 1.50 bits per heavy atom. The average molecular weight is 196 g/mol. The predicted octanol–water partition coefficient (Wildman–Crippen LogP) is 4.27. The van der Waals surface area contributed by atoms with Crippen molar-refractivity contribution < 1.29 is 4.79 Å². The lowest BCUT2D eigenvalue weighted by atomic mass is 10.1. The number of carbonyl (C=O) groups is 1. The van der Waals surface area contributed by atoms with Gasteiger partial charge in [-0.05, 0) is 12.5 Å². The van der Waals surface area contributed by atoms with Crippen LogP contribution in [0.25, 0.3) is 0 Å². The predicted molar refractivity (Wildman–Crippen MR) is 62.4 cm³/mol. The van der Waals surface area contributed by atoms with Crippen molar-refractivity contribution in [3.8, 4) is 0 Å². The van der Waals surface area contributed by atoms with Crippen LogP contribution in [-0.4, -0.2) is 5.78 Å². The van der Waals surface area contributed by atoms with E-state index in [2.05, 4.69) is 13.5 Å². The quantitative estimate of drug-likeness (QED) is 0.376. The third-order valence-corrected chi connectivity index (χ3v) is 2.50. The molecule has 0 aliphatic heterocycles. The van der Waals surface area contributed by atoms with Gasteiger partial charge in [-0.15, -0.1) is 0 Å². The van der Waals surface area contributed by atoms with Crippen molar-refractivity contribution in [3.05, 3.63) is 12.7 Å². The molecule has 0 aromatic heterocycles. The van der Waals surface area contributed by atoms with Crippen LogP contribution in [0.3, 0.4) is 0 Å². The Morgan fingerprint density at radius 1 is 1.00 bits per heavy atom. The molecule has 14 heavy (non-hydrogen) atoms. The molecule has 0 spiro atoms. The Morgan fingerprint density at radius 3 is 2.00 bits per heavy atom. The van der Waals surface area contributed by atoms with E-state index in [9.17, 15) is 4.79 Å². The summed E-state index contributed by atoms with van der Waals surface area (Å²) in [4.78, 5) is 10.9. The number of ketones is 1. The van der Waals surface area contributed by atoms with Gasteiger partial charge in [-0.25, -0.2) is 0 Å². The van der Waals surface area contributed by atoms with Crippen molar-refractivity contribution in [1.82, 2.24) is 0 Å². The molecule has 0 N–H and O–H groups in total. The first-order valence-corrected chi connectivity index (χ1v) is 5.96. The molecule has 0 aliphatic carbocycles. The molecule has 0 saturated carbocycles. The molecule has 0 radical (unpaired) electrons. The largest absolute Gasteiger partial charge is 0.295 e. The number of hydrogen-bond donors (Lipinski definition) is 0. The zero-order valence-corrected chi connectivity index (χ0v) is 9.56. The van der Waals surface area contributed by atoms with Crippen molar-refractivity contribution in [2.75, 3.05) is 0 Å². The van der Waals surface area contributed by atoms with E-state index < -0.39 is 0 Å². The molecule has 1 heteroatoms. The van der Waals surface area contributed by atoms with Gasteiger partial charge in [0.2, 0.25) is 0 Å². The highest BCUT2D eigenvalue weighted by Crippen LogP contribution is 2.09. The van der Waals surface area contributed by atoms with Gasteiger partial charge in [-0.3, -0.25) is 4.79 Å². The summed E-state index contributed by atoms with van der Waals surface area (Å²) in [7, 11) is 0. The summed E-state index contributed by atoms with van der Waals surface area (Å²) in [6.07, 6.45) is 12.4. The third kappa shape index (κ3) is 9.50. The molecule has 0 amide bonds. The maximum Gasteiger partial charge on any atom is 0.155 e. The molecule has 0 heterocycles. The molecule has 1 nitrogen and oxygen atoms in total. The van der Waals surface area contributed by atoms with Gasteiger partial charge in [0.05, 0.1) is 0 Å². The van der Waals surface area contributed by atoms with Gasteiger partial charge in [0.15, 0.2) is 5.78 Å². The molecule has 0 fully saturated rings. The minimum atomic E-state index is 0.191. The van der Waals surface area contributed by atoms with E-state index >= 15 is 0 Å². The average Bonchev–Trinajstić information content (AvgIpc) is 2.21. The first kappa shape index (κ1) is 13.4. The van der Waals surface area contributed by atoms with Crippen molar-refractivity contribution in [2.45, 2.75) is 64.7 Å². The highest BCUT2D eigenvalue weighted by molar-refractivity contribution is 5.88. The molecule has 0 aliphatic rings. The van der Waals surface area contributed by atoms with Crippen molar-refractivity contribution in [1.29, 1.82) is 0 Å². The minimum absolute atomic E-state index is 0.191. The lowest BCUT2D eigenvalue weighted by Crippen LogP contribution is -1.91. The fraction of sp³-hybridized carbons (Fsp3) is 0.769. The van der Waals surface area contributed by atoms with Crippen LogP contribution in [0.5, 0.6) is 0 Å². The summed E-state index contributed by atoms with van der Waals surface area (Å²) in [5.74, 6) is 0.191. The zero-order valence-electron chi connectivity index (χ0n) is 9.56. The second kappa shape index (κ2) is 10.5. The normalized spacial score (nSPS) is 10.1. The molecular weight excluding hydrogens is 172 g/mol. The second-order valence-electron chi connectivity index (χ2n) is 3.90. The number of carbonyl (C=O) groups excluding carboxylic acids is 1. The van der Waals surface area contributed by atoms with E-state index in [4.69, 9.17) is 0 Å². The number of hydrogen-bond acceptors (Lipinski definition) is 1. The summed E-state index contributed by atoms with van der Waals surface area (Å²) in [6, 6.07) is 0. The van der Waals surface area contributed by atoms with Crippen LogP contribution in [0.1, 0.15) is 64.7 Å². The van der Waals surface area contributed by atoms with E-state index in [0.717, 1.165) is 6.42 Å². The van der Waals surface area contributed by atoms with E-state index in [-0.39, 0.29) is 5.78 Å². The first-order chi connectivity index (χ1) is 6.81. The molecule has 0 atom stereocenters. The summed E-state index contributed by atoms with van der Waals surface area (Å²) in [6.45, 7) is 5.70. The van der Waals surface area contributed by atoms with E-state index in [1.165, 1.54) is 51.0 Å². The maximum atomic E-state index is 10.9. The van der Waals surface area contributed by atoms with Crippen molar-refractivity contribution in [3.63, 3.8) is 0 Å². The third-order valence-electron chi connectivity index (χ3n) is 2.50. The summed E-state index contributed by atoms with van der Waals surface area (Å²) in [5, 5.41) is 0. The number of rotatable bonds is 10. The molecule has 0 aromatic carbocycles. The highest BCUT2D eigenvalue weighted by atomic mass is 16.1. The van der Waals surface area contributed by atoms with Crippen LogP contribution in [0, 0.1) is 0 Å². The molecule has 82 valence electrons. The van der Waals surface area contributed by atoms with Crippen LogP contribution in [0.2, 0.25) is 0 Å². The van der Waals surface area contributed by atoms with Gasteiger partial charge in [-0.1, -0.05) is 58.4 Å². The van der Waals surface area contributed by atoms with Gasteiger partial charge in [-0.2, -0.15) is 0 Å². The fourth-order valence-electron chi connectivity index (χ4n) is 1.54. The standard InChI is InChI=1S/C13H24O/c1-3-5-6-7-8-9-10-11-12-13(14)4-2/h4H,2-3,5-12H2,1H3. The molecular formula is C13H24O. The Labute approximate surface area is 88.6 Å². The summed E-state index contributed by atoms with van der Waals surface area (Å²) in [5.41, 5.74) is 0. The number of unbranched alkanes of at least 4 members (excludes halogenated alkanes) is 7. The monoisotopic (exact) mass is 196 g/mol. The van der Waals surface area contributed by atoms with E-state index in [0.29, 0.717) is 6.42 Å². The Balaban J connectivity index is 2.99. The van der Waals surface area contributed by atoms with E-state index in [1.807, 2.05) is 0 Å². The van der Waals surface area contributed by atoms with Gasteiger partial charge >= 0.3 is 0 Å². The van der Waals surface area contributed by atoms with Crippen LogP contribution >= 0.6 is 0 Å². The second-order valence-corrected chi connectivity index (χ2v) is 3.90. The Bertz CT molecular complexity index is 149. The van der Waals surface area contributed by atoms with Gasteiger partial charge in [0.25, 0.3) is 0 Å². The minimum Gasteiger partial charge on any atom is -0.295 e. The van der Waals surface area contributed by atoms with Crippen molar-refractivity contribution >= 4 is 5.78 Å². The van der Waals surface area contributed by atoms with Crippen LogP contribution in [0.4, 0.5) is 0 Å². The van der Waals surface area contributed by atoms with Crippen LogP contribution in [-0.2, 0) is 4.79 Å². The first-order valence-electron chi connectivity index (χ1n) is 5.96. The smallest absolute Gasteiger partial charge is 0.155 e. The fourth-order valence-corrected chi connectivity index (χ4v) is 1.54.